The fourth-order valence-electron chi connectivity index (χ4n) is 1.93. The number of hydrogen-bond acceptors (Lipinski definition) is 3. The lowest BCUT2D eigenvalue weighted by atomic mass is 10.2. The summed E-state index contributed by atoms with van der Waals surface area (Å²) in [5.74, 6) is 1.70. The smallest absolute Gasteiger partial charge is 0.143 e. The zero-order chi connectivity index (χ0) is 11.5. The van der Waals surface area contributed by atoms with Gasteiger partial charge in [0.1, 0.15) is 11.5 Å². The highest BCUT2D eigenvalue weighted by Gasteiger charge is 2.11. The van der Waals surface area contributed by atoms with Crippen molar-refractivity contribution in [3.8, 4) is 11.5 Å². The first-order valence-electron chi connectivity index (χ1n) is 5.21. The van der Waals surface area contributed by atoms with E-state index >= 15 is 0 Å². The lowest BCUT2D eigenvalue weighted by Gasteiger charge is -2.09. The van der Waals surface area contributed by atoms with Crippen LogP contribution in [0.5, 0.6) is 11.5 Å². The van der Waals surface area contributed by atoms with Crippen molar-refractivity contribution >= 4 is 10.9 Å². The van der Waals surface area contributed by atoms with E-state index in [1.165, 1.54) is 0 Å². The van der Waals surface area contributed by atoms with Crippen LogP contribution in [0.4, 0.5) is 0 Å². The number of nitrogens with two attached hydrogens (primary N) is 1. The Morgan fingerprint density at radius 1 is 1.12 bits per heavy atom. The Kier molecular flexibility index (Phi) is 3.01. The molecule has 4 heteroatoms. The molecule has 1 aromatic heterocycles. The van der Waals surface area contributed by atoms with Gasteiger partial charge in [-0.05, 0) is 18.2 Å². The van der Waals surface area contributed by atoms with Crippen molar-refractivity contribution in [1.29, 1.82) is 0 Å². The summed E-state index contributed by atoms with van der Waals surface area (Å²) in [4.78, 5) is 0. The Labute approximate surface area is 94.6 Å². The SMILES string of the molecule is COc1ccc(OC)c2c1ccn2CCN. The third-order valence-electron chi connectivity index (χ3n) is 2.66. The molecule has 0 unspecified atom stereocenters. The van der Waals surface area contributed by atoms with Gasteiger partial charge in [0.15, 0.2) is 0 Å². The molecule has 0 aliphatic carbocycles. The van der Waals surface area contributed by atoms with E-state index in [2.05, 4.69) is 4.57 Å². The molecule has 86 valence electrons. The second-order valence-corrected chi connectivity index (χ2v) is 3.53. The molecule has 0 amide bonds. The molecule has 4 nitrogen and oxygen atoms in total. The van der Waals surface area contributed by atoms with Crippen molar-refractivity contribution in [2.24, 2.45) is 5.73 Å². The van der Waals surface area contributed by atoms with Gasteiger partial charge in [0.05, 0.1) is 19.7 Å². The van der Waals surface area contributed by atoms with E-state index in [1.807, 2.05) is 24.4 Å². The molecule has 2 aromatic rings. The monoisotopic (exact) mass is 220 g/mol. The van der Waals surface area contributed by atoms with Gasteiger partial charge in [0.2, 0.25) is 0 Å². The van der Waals surface area contributed by atoms with Crippen LogP contribution < -0.4 is 15.2 Å². The first-order valence-corrected chi connectivity index (χ1v) is 5.21. The predicted octanol–water partition coefficient (Wildman–Crippen LogP) is 1.62. The van der Waals surface area contributed by atoms with E-state index in [4.69, 9.17) is 15.2 Å². The van der Waals surface area contributed by atoms with Crippen LogP contribution in [0.15, 0.2) is 24.4 Å². The Morgan fingerprint density at radius 3 is 2.44 bits per heavy atom. The zero-order valence-electron chi connectivity index (χ0n) is 9.56. The number of ether oxygens (including phenoxy) is 2. The van der Waals surface area contributed by atoms with E-state index in [9.17, 15) is 0 Å². The minimum Gasteiger partial charge on any atom is -0.496 e. The van der Waals surface area contributed by atoms with Crippen molar-refractivity contribution in [1.82, 2.24) is 4.57 Å². The van der Waals surface area contributed by atoms with Gasteiger partial charge in [0, 0.05) is 24.7 Å². The highest BCUT2D eigenvalue weighted by atomic mass is 16.5. The van der Waals surface area contributed by atoms with Gasteiger partial charge in [-0.1, -0.05) is 0 Å². The number of nitrogens with zero attached hydrogens (tertiary/aromatic N) is 1. The molecule has 0 saturated carbocycles. The van der Waals surface area contributed by atoms with Crippen molar-refractivity contribution in [3.63, 3.8) is 0 Å². The Bertz CT molecular complexity index is 491. The van der Waals surface area contributed by atoms with Crippen LogP contribution in [-0.2, 0) is 6.54 Å². The average molecular weight is 220 g/mol. The summed E-state index contributed by atoms with van der Waals surface area (Å²) in [7, 11) is 3.34. The number of aromatic nitrogens is 1. The molecular weight excluding hydrogens is 204 g/mol. The van der Waals surface area contributed by atoms with Gasteiger partial charge in [-0.25, -0.2) is 0 Å². The van der Waals surface area contributed by atoms with Gasteiger partial charge >= 0.3 is 0 Å². The maximum Gasteiger partial charge on any atom is 0.143 e. The lowest BCUT2D eigenvalue weighted by Crippen LogP contribution is -2.09. The van der Waals surface area contributed by atoms with Gasteiger partial charge in [-0.2, -0.15) is 0 Å². The minimum absolute atomic E-state index is 0.601. The zero-order valence-corrected chi connectivity index (χ0v) is 9.56. The fourth-order valence-corrected chi connectivity index (χ4v) is 1.93. The largest absolute Gasteiger partial charge is 0.496 e. The molecule has 0 aliphatic heterocycles. The molecule has 2 N–H and O–H groups in total. The number of methoxy groups -OCH3 is 2. The van der Waals surface area contributed by atoms with E-state index in [0.29, 0.717) is 6.54 Å². The van der Waals surface area contributed by atoms with Gasteiger partial charge < -0.3 is 19.8 Å². The van der Waals surface area contributed by atoms with Gasteiger partial charge in [0.25, 0.3) is 0 Å². The van der Waals surface area contributed by atoms with E-state index in [-0.39, 0.29) is 0 Å². The number of rotatable bonds is 4. The molecule has 0 radical (unpaired) electrons. The Hall–Kier alpha value is -1.68. The molecule has 0 atom stereocenters. The van der Waals surface area contributed by atoms with Crippen LogP contribution in [0.3, 0.4) is 0 Å². The van der Waals surface area contributed by atoms with Crippen molar-refractivity contribution in [2.75, 3.05) is 20.8 Å². The van der Waals surface area contributed by atoms with Crippen LogP contribution in [0, 0.1) is 0 Å². The summed E-state index contributed by atoms with van der Waals surface area (Å²) < 4.78 is 12.8. The second kappa shape index (κ2) is 4.45. The van der Waals surface area contributed by atoms with Crippen molar-refractivity contribution < 1.29 is 9.47 Å². The second-order valence-electron chi connectivity index (χ2n) is 3.53. The summed E-state index contributed by atoms with van der Waals surface area (Å²) in [5, 5.41) is 1.05. The highest BCUT2D eigenvalue weighted by molar-refractivity contribution is 5.91. The maximum atomic E-state index is 5.58. The Morgan fingerprint density at radius 2 is 1.81 bits per heavy atom. The minimum atomic E-state index is 0.601. The summed E-state index contributed by atoms with van der Waals surface area (Å²) in [6.07, 6.45) is 2.00. The van der Waals surface area contributed by atoms with Gasteiger partial charge in [-0.3, -0.25) is 0 Å². The Balaban J connectivity index is 2.67. The number of fused-ring (bicyclic) bond motifs is 1. The maximum absolute atomic E-state index is 5.58. The summed E-state index contributed by atoms with van der Waals surface area (Å²) in [6.45, 7) is 1.37. The normalized spacial score (nSPS) is 10.7. The van der Waals surface area contributed by atoms with Crippen molar-refractivity contribution in [2.45, 2.75) is 6.54 Å². The molecule has 0 fully saturated rings. The summed E-state index contributed by atoms with van der Waals surface area (Å²) in [6, 6.07) is 5.84. The van der Waals surface area contributed by atoms with Crippen LogP contribution in [0.25, 0.3) is 10.9 Å². The third kappa shape index (κ3) is 1.61. The number of benzene rings is 1. The lowest BCUT2D eigenvalue weighted by molar-refractivity contribution is 0.409. The van der Waals surface area contributed by atoms with E-state index in [0.717, 1.165) is 28.9 Å². The topological polar surface area (TPSA) is 49.4 Å². The third-order valence-corrected chi connectivity index (χ3v) is 2.66. The van der Waals surface area contributed by atoms with Crippen LogP contribution in [-0.4, -0.2) is 25.3 Å². The number of hydrogen-bond donors (Lipinski definition) is 1. The predicted molar refractivity (Wildman–Crippen MR) is 64.1 cm³/mol. The van der Waals surface area contributed by atoms with Crippen molar-refractivity contribution in [3.05, 3.63) is 24.4 Å². The van der Waals surface area contributed by atoms with Crippen LogP contribution in [0.1, 0.15) is 0 Å². The standard InChI is InChI=1S/C12H16N2O2/c1-15-10-3-4-11(16-2)12-9(10)5-7-14(12)8-6-13/h3-5,7H,6,8,13H2,1-2H3. The fraction of sp³-hybridized carbons (Fsp3) is 0.333. The molecule has 1 aromatic carbocycles. The van der Waals surface area contributed by atoms with Crippen LogP contribution in [0.2, 0.25) is 0 Å². The summed E-state index contributed by atoms with van der Waals surface area (Å²) >= 11 is 0. The molecule has 0 aliphatic rings. The molecule has 1 heterocycles. The quantitative estimate of drug-likeness (QED) is 0.851. The van der Waals surface area contributed by atoms with E-state index in [1.54, 1.807) is 14.2 Å². The molecule has 16 heavy (non-hydrogen) atoms. The molecule has 2 rings (SSSR count). The first-order chi connectivity index (χ1) is 7.81. The van der Waals surface area contributed by atoms with Crippen LogP contribution >= 0.6 is 0 Å². The first kappa shape index (κ1) is 10.8. The highest BCUT2D eigenvalue weighted by Crippen LogP contribution is 2.33. The summed E-state index contributed by atoms with van der Waals surface area (Å²) in [5.41, 5.74) is 6.61. The van der Waals surface area contributed by atoms with E-state index < -0.39 is 0 Å². The average Bonchev–Trinajstić information content (AvgIpc) is 2.73. The van der Waals surface area contributed by atoms with Gasteiger partial charge in [-0.15, -0.1) is 0 Å². The molecule has 0 spiro atoms. The molecule has 0 saturated heterocycles. The molecular formula is C12H16N2O2. The molecule has 0 bridgehead atoms.